The molecule has 0 saturated carbocycles. The Bertz CT molecular complexity index is 540. The number of carbonyl (C=O) groups excluding carboxylic acids is 2. The third-order valence-electron chi connectivity index (χ3n) is 4.85. The Morgan fingerprint density at radius 3 is 2.83 bits per heavy atom. The highest BCUT2D eigenvalue weighted by Gasteiger charge is 2.29. The van der Waals surface area contributed by atoms with Gasteiger partial charge >= 0.3 is 0 Å². The number of rotatable bonds is 5. The fourth-order valence-electron chi connectivity index (χ4n) is 3.39. The molecule has 1 atom stereocenters. The van der Waals surface area contributed by atoms with Gasteiger partial charge in [-0.15, -0.1) is 0 Å². The highest BCUT2D eigenvalue weighted by Crippen LogP contribution is 2.17. The summed E-state index contributed by atoms with van der Waals surface area (Å²) in [6, 6.07) is 0. The van der Waals surface area contributed by atoms with Crippen LogP contribution in [0, 0.1) is 5.92 Å². The number of H-pyrrole nitrogens is 1. The molecule has 2 amide bonds. The molecule has 7 heteroatoms. The van der Waals surface area contributed by atoms with E-state index in [-0.39, 0.29) is 17.7 Å². The Kier molecular flexibility index (Phi) is 5.85. The van der Waals surface area contributed by atoms with Crippen LogP contribution >= 0.6 is 0 Å². The molecule has 1 unspecified atom stereocenters. The van der Waals surface area contributed by atoms with Crippen molar-refractivity contribution in [2.75, 3.05) is 39.4 Å². The van der Waals surface area contributed by atoms with Crippen molar-refractivity contribution < 1.29 is 14.3 Å². The molecule has 1 N–H and O–H groups in total. The molecule has 3 heterocycles. The molecule has 2 aliphatic rings. The van der Waals surface area contributed by atoms with Gasteiger partial charge < -0.3 is 14.5 Å². The van der Waals surface area contributed by atoms with Crippen LogP contribution in [-0.4, -0.2) is 71.2 Å². The molecular weight excluding hydrogens is 308 g/mol. The third kappa shape index (κ3) is 4.35. The first-order valence-corrected chi connectivity index (χ1v) is 8.86. The Hall–Kier alpha value is -1.89. The summed E-state index contributed by atoms with van der Waals surface area (Å²) < 4.78 is 5.32. The van der Waals surface area contributed by atoms with Crippen molar-refractivity contribution in [1.82, 2.24) is 20.0 Å². The van der Waals surface area contributed by atoms with Crippen molar-refractivity contribution in [3.8, 4) is 0 Å². The van der Waals surface area contributed by atoms with Gasteiger partial charge in [-0.1, -0.05) is 0 Å². The smallest absolute Gasteiger partial charge is 0.228 e. The molecule has 1 aromatic rings. The molecule has 1 aromatic heterocycles. The number of hydrogen-bond donors (Lipinski definition) is 1. The first-order valence-electron chi connectivity index (χ1n) is 8.86. The van der Waals surface area contributed by atoms with Gasteiger partial charge in [0.25, 0.3) is 0 Å². The Morgan fingerprint density at radius 2 is 2.08 bits per heavy atom. The zero-order valence-electron chi connectivity index (χ0n) is 14.1. The van der Waals surface area contributed by atoms with Crippen molar-refractivity contribution in [1.29, 1.82) is 0 Å². The third-order valence-corrected chi connectivity index (χ3v) is 4.85. The SMILES string of the molecule is O=C(CCCc1cn[nH]c1)N1CCCN(C(=O)C2CCOC2)CC1. The van der Waals surface area contributed by atoms with Gasteiger partial charge in [0, 0.05) is 45.4 Å². The van der Waals surface area contributed by atoms with E-state index in [0.29, 0.717) is 32.7 Å². The molecule has 132 valence electrons. The minimum atomic E-state index is 0.0159. The Balaban J connectivity index is 1.42. The van der Waals surface area contributed by atoms with Gasteiger partial charge in [-0.2, -0.15) is 5.10 Å². The number of ether oxygens (including phenoxy) is 1. The van der Waals surface area contributed by atoms with Crippen LogP contribution < -0.4 is 0 Å². The summed E-state index contributed by atoms with van der Waals surface area (Å²) in [7, 11) is 0. The highest BCUT2D eigenvalue weighted by atomic mass is 16.5. The average molecular weight is 334 g/mol. The summed E-state index contributed by atoms with van der Waals surface area (Å²) in [5.41, 5.74) is 1.13. The molecule has 7 nitrogen and oxygen atoms in total. The second-order valence-corrected chi connectivity index (χ2v) is 6.58. The highest BCUT2D eigenvalue weighted by molar-refractivity contribution is 5.80. The van der Waals surface area contributed by atoms with E-state index in [1.165, 1.54) is 0 Å². The number of carbonyl (C=O) groups is 2. The van der Waals surface area contributed by atoms with E-state index in [4.69, 9.17) is 4.74 Å². The molecule has 2 saturated heterocycles. The maximum atomic E-state index is 12.5. The fraction of sp³-hybridized carbons (Fsp3) is 0.706. The van der Waals surface area contributed by atoms with Crippen molar-refractivity contribution in [2.45, 2.75) is 32.1 Å². The van der Waals surface area contributed by atoms with Gasteiger partial charge in [-0.3, -0.25) is 14.7 Å². The van der Waals surface area contributed by atoms with Crippen LogP contribution in [0.1, 0.15) is 31.2 Å². The molecule has 0 bridgehead atoms. The minimum Gasteiger partial charge on any atom is -0.381 e. The summed E-state index contributed by atoms with van der Waals surface area (Å²) in [5.74, 6) is 0.404. The van der Waals surface area contributed by atoms with Crippen molar-refractivity contribution in [3.63, 3.8) is 0 Å². The van der Waals surface area contributed by atoms with Gasteiger partial charge in [0.15, 0.2) is 0 Å². The molecule has 2 aliphatic heterocycles. The lowest BCUT2D eigenvalue weighted by atomic mass is 10.1. The number of nitrogens with one attached hydrogen (secondary N) is 1. The van der Waals surface area contributed by atoms with Gasteiger partial charge in [0.1, 0.15) is 0 Å². The Morgan fingerprint density at radius 1 is 1.25 bits per heavy atom. The number of aromatic nitrogens is 2. The number of aryl methyl sites for hydroxylation is 1. The average Bonchev–Trinajstić information content (AvgIpc) is 3.24. The van der Waals surface area contributed by atoms with Crippen LogP contribution in [0.25, 0.3) is 0 Å². The summed E-state index contributed by atoms with van der Waals surface area (Å²) in [4.78, 5) is 28.7. The van der Waals surface area contributed by atoms with Gasteiger partial charge in [-0.05, 0) is 31.2 Å². The van der Waals surface area contributed by atoms with Crippen LogP contribution in [0.3, 0.4) is 0 Å². The number of nitrogens with zero attached hydrogens (tertiary/aromatic N) is 3. The molecule has 0 spiro atoms. The summed E-state index contributed by atoms with van der Waals surface area (Å²) in [6.45, 7) is 4.01. The monoisotopic (exact) mass is 334 g/mol. The molecule has 2 fully saturated rings. The van der Waals surface area contributed by atoms with E-state index in [1.54, 1.807) is 6.20 Å². The van der Waals surface area contributed by atoms with Crippen molar-refractivity contribution >= 4 is 11.8 Å². The van der Waals surface area contributed by atoms with Crippen molar-refractivity contribution in [2.24, 2.45) is 5.92 Å². The summed E-state index contributed by atoms with van der Waals surface area (Å²) >= 11 is 0. The molecule has 0 aromatic carbocycles. The maximum absolute atomic E-state index is 12.5. The van der Waals surface area contributed by atoms with Gasteiger partial charge in [0.05, 0.1) is 18.7 Å². The normalized spacial score (nSPS) is 21.8. The van der Waals surface area contributed by atoms with Gasteiger partial charge in [-0.25, -0.2) is 0 Å². The van der Waals surface area contributed by atoms with Crippen LogP contribution in [0.5, 0.6) is 0 Å². The first-order chi connectivity index (χ1) is 11.7. The number of aromatic amines is 1. The van der Waals surface area contributed by atoms with Crippen LogP contribution in [0.4, 0.5) is 0 Å². The Labute approximate surface area is 142 Å². The van der Waals surface area contributed by atoms with E-state index in [0.717, 1.165) is 44.3 Å². The quantitative estimate of drug-likeness (QED) is 0.865. The van der Waals surface area contributed by atoms with E-state index in [2.05, 4.69) is 10.2 Å². The van der Waals surface area contributed by atoms with E-state index in [1.807, 2.05) is 16.0 Å². The summed E-state index contributed by atoms with van der Waals surface area (Å²) in [5, 5.41) is 6.70. The predicted octanol–water partition coefficient (Wildman–Crippen LogP) is 0.830. The van der Waals surface area contributed by atoms with Crippen molar-refractivity contribution in [3.05, 3.63) is 18.0 Å². The lowest BCUT2D eigenvalue weighted by Crippen LogP contribution is -2.40. The van der Waals surface area contributed by atoms with E-state index in [9.17, 15) is 9.59 Å². The van der Waals surface area contributed by atoms with E-state index < -0.39 is 0 Å². The second-order valence-electron chi connectivity index (χ2n) is 6.58. The van der Waals surface area contributed by atoms with E-state index >= 15 is 0 Å². The second kappa shape index (κ2) is 8.28. The molecule has 0 radical (unpaired) electrons. The molecule has 24 heavy (non-hydrogen) atoms. The van der Waals surface area contributed by atoms with Crippen LogP contribution in [0.2, 0.25) is 0 Å². The molecule has 3 rings (SSSR count). The van der Waals surface area contributed by atoms with Gasteiger partial charge in [0.2, 0.25) is 11.8 Å². The maximum Gasteiger partial charge on any atom is 0.228 e. The summed E-state index contributed by atoms with van der Waals surface area (Å²) in [6.07, 6.45) is 7.59. The predicted molar refractivity (Wildman–Crippen MR) is 88.2 cm³/mol. The molecular formula is C17H26N4O3. The number of hydrogen-bond acceptors (Lipinski definition) is 4. The zero-order valence-corrected chi connectivity index (χ0v) is 14.1. The first kappa shape index (κ1) is 17.0. The number of amides is 2. The largest absolute Gasteiger partial charge is 0.381 e. The topological polar surface area (TPSA) is 78.5 Å². The van der Waals surface area contributed by atoms with Crippen LogP contribution in [0.15, 0.2) is 12.4 Å². The van der Waals surface area contributed by atoms with Crippen LogP contribution in [-0.2, 0) is 20.7 Å². The lowest BCUT2D eigenvalue weighted by molar-refractivity contribution is -0.136. The standard InChI is InChI=1S/C17H26N4O3/c22-16(4-1-3-14-11-18-19-12-14)20-6-2-7-21(9-8-20)17(23)15-5-10-24-13-15/h11-12,15H,1-10,13H2,(H,18,19). The minimum absolute atomic E-state index is 0.0159. The lowest BCUT2D eigenvalue weighted by Gasteiger charge is -2.24. The molecule has 0 aliphatic carbocycles. The zero-order chi connectivity index (χ0) is 16.8. The fourth-order valence-corrected chi connectivity index (χ4v) is 3.39.